The third-order valence-electron chi connectivity index (χ3n) is 4.17. The summed E-state index contributed by atoms with van der Waals surface area (Å²) in [5, 5.41) is 10.8. The highest BCUT2D eigenvalue weighted by Crippen LogP contribution is 2.41. The van der Waals surface area contributed by atoms with Gasteiger partial charge in [0.25, 0.3) is 0 Å². The maximum atomic E-state index is 11.6. The summed E-state index contributed by atoms with van der Waals surface area (Å²) < 4.78 is 5.59. The summed E-state index contributed by atoms with van der Waals surface area (Å²) in [6.07, 6.45) is 4.61. The Morgan fingerprint density at radius 2 is 1.58 bits per heavy atom. The Bertz CT molecular complexity index is 747. The summed E-state index contributed by atoms with van der Waals surface area (Å²) in [4.78, 5) is 11.6. The fraction of sp³-hybridized carbons (Fsp3) is 0.190. The first-order valence-electron chi connectivity index (χ1n) is 8.00. The van der Waals surface area contributed by atoms with Gasteiger partial charge in [0.2, 0.25) is 0 Å². The van der Waals surface area contributed by atoms with Gasteiger partial charge in [0, 0.05) is 12.8 Å². The molecule has 3 rings (SSSR count). The van der Waals surface area contributed by atoms with Crippen LogP contribution in [0.4, 0.5) is 0 Å². The quantitative estimate of drug-likeness (QED) is 0.842. The van der Waals surface area contributed by atoms with E-state index in [1.165, 1.54) is 6.92 Å². The van der Waals surface area contributed by atoms with Gasteiger partial charge >= 0.3 is 5.97 Å². The zero-order valence-electron chi connectivity index (χ0n) is 13.5. The van der Waals surface area contributed by atoms with Crippen molar-refractivity contribution in [2.75, 3.05) is 0 Å². The van der Waals surface area contributed by atoms with Crippen LogP contribution in [0, 0.1) is 5.92 Å². The maximum Gasteiger partial charge on any atom is 0.303 e. The topological polar surface area (TPSA) is 46.5 Å². The average molecular weight is 320 g/mol. The number of rotatable bonds is 5. The molecule has 3 heteroatoms. The largest absolute Gasteiger partial charge is 0.457 e. The van der Waals surface area contributed by atoms with Crippen molar-refractivity contribution in [3.05, 3.63) is 95.6 Å². The van der Waals surface area contributed by atoms with Gasteiger partial charge in [-0.15, -0.1) is 0 Å². The lowest BCUT2D eigenvalue weighted by Gasteiger charge is -2.27. The summed E-state index contributed by atoms with van der Waals surface area (Å²) in [7, 11) is 0. The highest BCUT2D eigenvalue weighted by molar-refractivity contribution is 5.66. The van der Waals surface area contributed by atoms with Crippen molar-refractivity contribution in [1.82, 2.24) is 0 Å². The van der Waals surface area contributed by atoms with Gasteiger partial charge in [-0.05, 0) is 16.7 Å². The van der Waals surface area contributed by atoms with Gasteiger partial charge in [-0.1, -0.05) is 78.9 Å². The number of carbonyl (C=O) groups is 1. The molecule has 1 aliphatic rings. The van der Waals surface area contributed by atoms with Crippen LogP contribution in [-0.4, -0.2) is 11.1 Å². The number of benzene rings is 2. The van der Waals surface area contributed by atoms with Crippen molar-refractivity contribution in [2.45, 2.75) is 19.1 Å². The van der Waals surface area contributed by atoms with Gasteiger partial charge in [-0.3, -0.25) is 4.79 Å². The van der Waals surface area contributed by atoms with E-state index in [0.29, 0.717) is 0 Å². The van der Waals surface area contributed by atoms with Gasteiger partial charge in [0.05, 0.1) is 0 Å². The van der Waals surface area contributed by atoms with E-state index >= 15 is 0 Å². The van der Waals surface area contributed by atoms with Crippen molar-refractivity contribution >= 4 is 5.97 Å². The second-order valence-corrected chi connectivity index (χ2v) is 5.83. The Balaban J connectivity index is 1.91. The molecule has 3 atom stereocenters. The molecule has 0 bridgehead atoms. The Morgan fingerprint density at radius 3 is 2.17 bits per heavy atom. The maximum absolute atomic E-state index is 11.6. The van der Waals surface area contributed by atoms with E-state index in [0.717, 1.165) is 16.7 Å². The fourth-order valence-electron chi connectivity index (χ4n) is 3.06. The second-order valence-electron chi connectivity index (χ2n) is 5.83. The lowest BCUT2D eigenvalue weighted by atomic mass is 9.86. The van der Waals surface area contributed by atoms with Gasteiger partial charge in [0.1, 0.15) is 12.2 Å². The number of hydrogen-bond acceptors (Lipinski definition) is 3. The summed E-state index contributed by atoms with van der Waals surface area (Å²) in [6, 6.07) is 19.1. The van der Waals surface area contributed by atoms with E-state index < -0.39 is 12.2 Å². The van der Waals surface area contributed by atoms with Crippen LogP contribution in [0.5, 0.6) is 0 Å². The lowest BCUT2D eigenvalue weighted by molar-refractivity contribution is -0.148. The molecular weight excluding hydrogens is 300 g/mol. The molecule has 0 spiro atoms. The van der Waals surface area contributed by atoms with Gasteiger partial charge in [-0.2, -0.15) is 0 Å². The third-order valence-corrected chi connectivity index (χ3v) is 4.17. The molecule has 2 aromatic carbocycles. The number of allylic oxidation sites excluding steroid dienone is 2. The van der Waals surface area contributed by atoms with Crippen molar-refractivity contribution in [2.24, 2.45) is 5.92 Å². The number of aliphatic hydroxyl groups excluding tert-OH is 1. The molecule has 3 nitrogen and oxygen atoms in total. The molecule has 0 amide bonds. The van der Waals surface area contributed by atoms with Crippen LogP contribution in [0.15, 0.2) is 84.5 Å². The van der Waals surface area contributed by atoms with E-state index in [4.69, 9.17) is 4.74 Å². The minimum absolute atomic E-state index is 0.188. The monoisotopic (exact) mass is 320 g/mol. The molecule has 0 fully saturated rings. The third kappa shape index (κ3) is 3.47. The van der Waals surface area contributed by atoms with Crippen LogP contribution in [0.25, 0.3) is 0 Å². The normalized spacial score (nSPS) is 18.8. The average Bonchev–Trinajstić information content (AvgIpc) is 3.10. The predicted octanol–water partition coefficient (Wildman–Crippen LogP) is 4.14. The first-order valence-corrected chi connectivity index (χ1v) is 8.00. The molecule has 1 unspecified atom stereocenters. The Hall–Kier alpha value is -2.65. The van der Waals surface area contributed by atoms with E-state index in [2.05, 4.69) is 0 Å². The van der Waals surface area contributed by atoms with Gasteiger partial charge < -0.3 is 9.84 Å². The van der Waals surface area contributed by atoms with E-state index in [9.17, 15) is 9.90 Å². The molecule has 0 heterocycles. The number of aliphatic hydroxyl groups is 1. The Labute approximate surface area is 141 Å². The SMILES string of the molecule is CC(=O)O[C@H](c1ccccc1)C1C=CC=C1[C@H](O)c1ccccc1. The van der Waals surface area contributed by atoms with Crippen LogP contribution < -0.4 is 0 Å². The van der Waals surface area contributed by atoms with Crippen LogP contribution in [0.1, 0.15) is 30.3 Å². The fourth-order valence-corrected chi connectivity index (χ4v) is 3.06. The van der Waals surface area contributed by atoms with Crippen LogP contribution in [0.3, 0.4) is 0 Å². The summed E-state index contributed by atoms with van der Waals surface area (Å²) in [5.74, 6) is -0.524. The minimum Gasteiger partial charge on any atom is -0.457 e. The summed E-state index contributed by atoms with van der Waals surface area (Å²) in [5.41, 5.74) is 2.57. The number of hydrogen-bond donors (Lipinski definition) is 1. The molecule has 0 radical (unpaired) electrons. The molecule has 24 heavy (non-hydrogen) atoms. The number of esters is 1. The standard InChI is InChI=1S/C21H20O3/c1-15(22)24-21(17-11-6-3-7-12-17)19-14-8-13-18(19)20(23)16-9-4-2-5-10-16/h2-14,19-21,23H,1H3/t19?,20-,21-/m1/s1. The zero-order chi connectivity index (χ0) is 16.9. The van der Waals surface area contributed by atoms with E-state index in [1.807, 2.05) is 78.9 Å². The first kappa shape index (κ1) is 16.2. The first-order chi connectivity index (χ1) is 11.7. The van der Waals surface area contributed by atoms with Crippen molar-refractivity contribution < 1.29 is 14.6 Å². The van der Waals surface area contributed by atoms with Crippen molar-refractivity contribution in [3.8, 4) is 0 Å². The van der Waals surface area contributed by atoms with E-state index in [1.54, 1.807) is 0 Å². The summed E-state index contributed by atoms with van der Waals surface area (Å²) >= 11 is 0. The molecule has 122 valence electrons. The van der Waals surface area contributed by atoms with Gasteiger partial charge in [0.15, 0.2) is 0 Å². The summed E-state index contributed by atoms with van der Waals surface area (Å²) in [6.45, 7) is 1.41. The molecule has 0 saturated heterocycles. The predicted molar refractivity (Wildman–Crippen MR) is 93.1 cm³/mol. The van der Waals surface area contributed by atoms with Crippen LogP contribution in [-0.2, 0) is 9.53 Å². The molecule has 1 aliphatic carbocycles. The molecule has 0 aliphatic heterocycles. The molecular formula is C21H20O3. The molecule has 0 aromatic heterocycles. The highest BCUT2D eigenvalue weighted by Gasteiger charge is 2.32. The zero-order valence-corrected chi connectivity index (χ0v) is 13.5. The smallest absolute Gasteiger partial charge is 0.303 e. The van der Waals surface area contributed by atoms with Crippen LogP contribution in [0.2, 0.25) is 0 Å². The highest BCUT2D eigenvalue weighted by atomic mass is 16.5. The van der Waals surface area contributed by atoms with Crippen molar-refractivity contribution in [1.29, 1.82) is 0 Å². The Morgan fingerprint density at radius 1 is 1.00 bits per heavy atom. The number of carbonyl (C=O) groups excluding carboxylic acids is 1. The minimum atomic E-state index is -0.729. The molecule has 2 aromatic rings. The van der Waals surface area contributed by atoms with Gasteiger partial charge in [-0.25, -0.2) is 0 Å². The molecule has 0 saturated carbocycles. The van der Waals surface area contributed by atoms with E-state index in [-0.39, 0.29) is 11.9 Å². The van der Waals surface area contributed by atoms with Crippen molar-refractivity contribution in [3.63, 3.8) is 0 Å². The lowest BCUT2D eigenvalue weighted by Crippen LogP contribution is -2.20. The molecule has 1 N–H and O–H groups in total. The number of ether oxygens (including phenoxy) is 1. The van der Waals surface area contributed by atoms with Crippen LogP contribution >= 0.6 is 0 Å². The second kappa shape index (κ2) is 7.28. The Kier molecular flexibility index (Phi) is 4.92.